The summed E-state index contributed by atoms with van der Waals surface area (Å²) in [5, 5.41) is 5.39. The molecule has 1 aromatic carbocycles. The highest BCUT2D eigenvalue weighted by Crippen LogP contribution is 2.15. The second kappa shape index (κ2) is 6.39. The van der Waals surface area contributed by atoms with Gasteiger partial charge in [0.25, 0.3) is 0 Å². The van der Waals surface area contributed by atoms with Gasteiger partial charge in [-0.2, -0.15) is 0 Å². The third-order valence-electron chi connectivity index (χ3n) is 2.42. The Kier molecular flexibility index (Phi) is 5.15. The minimum Gasteiger partial charge on any atom is -0.376 e. The summed E-state index contributed by atoms with van der Waals surface area (Å²) in [5.41, 5.74) is 0.717. The number of carbonyl (C=O) groups is 1. The summed E-state index contributed by atoms with van der Waals surface area (Å²) >= 11 is 0. The summed E-state index contributed by atoms with van der Waals surface area (Å²) in [7, 11) is -1.61. The number of sulfone groups is 1. The summed E-state index contributed by atoms with van der Waals surface area (Å²) in [6.07, 6.45) is 0.596. The zero-order chi connectivity index (χ0) is 13.6. The minimum atomic E-state index is -3.17. The molecule has 1 aromatic rings. The zero-order valence-electron chi connectivity index (χ0n) is 10.6. The average molecular weight is 270 g/mol. The van der Waals surface area contributed by atoms with Crippen LogP contribution in [0.15, 0.2) is 29.2 Å². The summed E-state index contributed by atoms with van der Waals surface area (Å²) in [5.74, 6) is 0.0237. The first kappa shape index (κ1) is 14.5. The lowest BCUT2D eigenvalue weighted by Gasteiger charge is -2.07. The van der Waals surface area contributed by atoms with Gasteiger partial charge in [-0.3, -0.25) is 4.79 Å². The Bertz CT molecular complexity index is 495. The van der Waals surface area contributed by atoms with Gasteiger partial charge in [-0.15, -0.1) is 0 Å². The Balaban J connectivity index is 2.71. The number of likely N-dealkylation sites (N-methyl/N-ethyl adjacent to an activating group) is 1. The number of nitrogens with one attached hydrogen (secondary N) is 2. The number of anilines is 1. The van der Waals surface area contributed by atoms with E-state index in [4.69, 9.17) is 0 Å². The molecule has 0 aliphatic heterocycles. The van der Waals surface area contributed by atoms with Crippen LogP contribution < -0.4 is 10.6 Å². The van der Waals surface area contributed by atoms with Gasteiger partial charge in [0, 0.05) is 12.7 Å². The molecule has 0 saturated heterocycles. The molecule has 0 spiro atoms. The van der Waals surface area contributed by atoms with Gasteiger partial charge in [0.2, 0.25) is 5.91 Å². The maximum Gasteiger partial charge on any atom is 0.239 e. The van der Waals surface area contributed by atoms with Crippen molar-refractivity contribution >= 4 is 21.4 Å². The van der Waals surface area contributed by atoms with Crippen molar-refractivity contribution in [1.29, 1.82) is 0 Å². The SMILES string of the molecule is CCCS(=O)(=O)c1ccc(NCC(=O)NC)cc1. The fourth-order valence-electron chi connectivity index (χ4n) is 1.44. The van der Waals surface area contributed by atoms with E-state index in [9.17, 15) is 13.2 Å². The molecule has 0 aliphatic rings. The first-order chi connectivity index (χ1) is 8.49. The van der Waals surface area contributed by atoms with E-state index in [0.717, 1.165) is 0 Å². The Labute approximate surface area is 108 Å². The van der Waals surface area contributed by atoms with Gasteiger partial charge in [0.15, 0.2) is 9.84 Å². The van der Waals surface area contributed by atoms with Gasteiger partial charge in [-0.1, -0.05) is 6.92 Å². The molecule has 1 rings (SSSR count). The van der Waals surface area contributed by atoms with E-state index in [1.807, 2.05) is 6.92 Å². The van der Waals surface area contributed by atoms with Crippen LogP contribution >= 0.6 is 0 Å². The lowest BCUT2D eigenvalue weighted by Crippen LogP contribution is -2.26. The molecular formula is C12H18N2O3S. The van der Waals surface area contributed by atoms with Crippen LogP contribution in [0, 0.1) is 0 Å². The molecule has 1 amide bonds. The van der Waals surface area contributed by atoms with E-state index >= 15 is 0 Å². The highest BCUT2D eigenvalue weighted by atomic mass is 32.2. The van der Waals surface area contributed by atoms with E-state index in [1.165, 1.54) is 0 Å². The van der Waals surface area contributed by atoms with Crippen molar-refractivity contribution in [3.05, 3.63) is 24.3 Å². The first-order valence-electron chi connectivity index (χ1n) is 5.77. The topological polar surface area (TPSA) is 75.3 Å². The van der Waals surface area contributed by atoms with Crippen LogP contribution in [0.2, 0.25) is 0 Å². The number of hydrogen-bond acceptors (Lipinski definition) is 4. The van der Waals surface area contributed by atoms with Gasteiger partial charge >= 0.3 is 0 Å². The summed E-state index contributed by atoms with van der Waals surface area (Å²) in [6.45, 7) is 1.99. The normalized spacial score (nSPS) is 11.0. The smallest absolute Gasteiger partial charge is 0.239 e. The molecule has 0 heterocycles. The van der Waals surface area contributed by atoms with Crippen LogP contribution in [0.3, 0.4) is 0 Å². The number of carbonyl (C=O) groups excluding carboxylic acids is 1. The molecule has 0 unspecified atom stereocenters. The molecule has 0 saturated carbocycles. The molecule has 0 aromatic heterocycles. The van der Waals surface area contributed by atoms with E-state index in [0.29, 0.717) is 17.0 Å². The molecule has 0 atom stereocenters. The number of amides is 1. The average Bonchev–Trinajstić information content (AvgIpc) is 2.36. The predicted octanol–water partition coefficient (Wildman–Crippen LogP) is 1.03. The van der Waals surface area contributed by atoms with Gasteiger partial charge < -0.3 is 10.6 Å². The van der Waals surface area contributed by atoms with E-state index in [2.05, 4.69) is 10.6 Å². The summed E-state index contributed by atoms with van der Waals surface area (Å²) in [6, 6.07) is 6.42. The predicted molar refractivity (Wildman–Crippen MR) is 71.3 cm³/mol. The largest absolute Gasteiger partial charge is 0.376 e. The second-order valence-electron chi connectivity index (χ2n) is 3.87. The van der Waals surface area contributed by atoms with Crippen LogP contribution in [0.5, 0.6) is 0 Å². The third kappa shape index (κ3) is 4.03. The van der Waals surface area contributed by atoms with E-state index in [-0.39, 0.29) is 18.2 Å². The molecule has 0 aliphatic carbocycles. The monoisotopic (exact) mass is 270 g/mol. The quantitative estimate of drug-likeness (QED) is 0.809. The molecule has 0 radical (unpaired) electrons. The van der Waals surface area contributed by atoms with Gasteiger partial charge in [0.1, 0.15) is 0 Å². The van der Waals surface area contributed by atoms with Crippen LogP contribution in [-0.2, 0) is 14.6 Å². The van der Waals surface area contributed by atoms with Crippen molar-refractivity contribution in [1.82, 2.24) is 5.32 Å². The Hall–Kier alpha value is -1.56. The lowest BCUT2D eigenvalue weighted by atomic mass is 10.3. The maximum absolute atomic E-state index is 11.8. The highest BCUT2D eigenvalue weighted by molar-refractivity contribution is 7.91. The van der Waals surface area contributed by atoms with Crippen LogP contribution in [0.1, 0.15) is 13.3 Å². The summed E-state index contributed by atoms with van der Waals surface area (Å²) in [4.78, 5) is 11.3. The van der Waals surface area contributed by atoms with Crippen molar-refractivity contribution in [3.63, 3.8) is 0 Å². The number of hydrogen-bond donors (Lipinski definition) is 2. The zero-order valence-corrected chi connectivity index (χ0v) is 11.4. The van der Waals surface area contributed by atoms with E-state index < -0.39 is 9.84 Å². The van der Waals surface area contributed by atoms with Crippen LogP contribution in [0.25, 0.3) is 0 Å². The van der Waals surface area contributed by atoms with Crippen molar-refractivity contribution in [2.75, 3.05) is 24.7 Å². The molecule has 100 valence electrons. The maximum atomic E-state index is 11.8. The van der Waals surface area contributed by atoms with Crippen molar-refractivity contribution in [2.45, 2.75) is 18.2 Å². The minimum absolute atomic E-state index is 0.127. The molecule has 0 fully saturated rings. The Morgan fingerprint density at radius 1 is 1.22 bits per heavy atom. The van der Waals surface area contributed by atoms with Gasteiger partial charge in [-0.05, 0) is 30.7 Å². The number of benzene rings is 1. The van der Waals surface area contributed by atoms with Crippen molar-refractivity contribution < 1.29 is 13.2 Å². The highest BCUT2D eigenvalue weighted by Gasteiger charge is 2.12. The van der Waals surface area contributed by atoms with Crippen LogP contribution in [0.4, 0.5) is 5.69 Å². The number of rotatable bonds is 6. The molecular weight excluding hydrogens is 252 g/mol. The molecule has 0 bridgehead atoms. The first-order valence-corrected chi connectivity index (χ1v) is 7.42. The van der Waals surface area contributed by atoms with Crippen molar-refractivity contribution in [3.8, 4) is 0 Å². The fourth-order valence-corrected chi connectivity index (χ4v) is 2.76. The summed E-state index contributed by atoms with van der Waals surface area (Å²) < 4.78 is 23.5. The Morgan fingerprint density at radius 3 is 2.33 bits per heavy atom. The van der Waals surface area contributed by atoms with E-state index in [1.54, 1.807) is 31.3 Å². The third-order valence-corrected chi connectivity index (χ3v) is 4.35. The Morgan fingerprint density at radius 2 is 1.83 bits per heavy atom. The standard InChI is InChI=1S/C12H18N2O3S/c1-3-8-18(16,17)11-6-4-10(5-7-11)14-9-12(15)13-2/h4-7,14H,3,8-9H2,1-2H3,(H,13,15). The molecule has 6 heteroatoms. The second-order valence-corrected chi connectivity index (χ2v) is 5.98. The molecule has 5 nitrogen and oxygen atoms in total. The molecule has 2 N–H and O–H groups in total. The fraction of sp³-hybridized carbons (Fsp3) is 0.417. The molecule has 18 heavy (non-hydrogen) atoms. The van der Waals surface area contributed by atoms with Crippen LogP contribution in [-0.4, -0.2) is 33.7 Å². The van der Waals surface area contributed by atoms with Gasteiger partial charge in [0.05, 0.1) is 17.2 Å². The van der Waals surface area contributed by atoms with Gasteiger partial charge in [-0.25, -0.2) is 8.42 Å². The van der Waals surface area contributed by atoms with Crippen molar-refractivity contribution in [2.24, 2.45) is 0 Å². The lowest BCUT2D eigenvalue weighted by molar-refractivity contribution is -0.118.